The van der Waals surface area contributed by atoms with Crippen molar-refractivity contribution in [2.75, 3.05) is 19.6 Å². The molecule has 0 spiro atoms. The van der Waals surface area contributed by atoms with Crippen molar-refractivity contribution in [1.29, 1.82) is 0 Å². The highest BCUT2D eigenvalue weighted by molar-refractivity contribution is 5.90. The maximum absolute atomic E-state index is 13.6. The highest BCUT2D eigenvalue weighted by Gasteiger charge is 2.54. The fourth-order valence-electron chi connectivity index (χ4n) is 3.31. The Morgan fingerprint density at radius 3 is 2.43 bits per heavy atom. The van der Waals surface area contributed by atoms with Gasteiger partial charge in [-0.05, 0) is 56.8 Å². The molecule has 0 heterocycles. The third kappa shape index (κ3) is 2.44. The molecule has 1 amide bonds. The number of rotatable bonds is 5. The summed E-state index contributed by atoms with van der Waals surface area (Å²) in [6, 6.07) is 3.76. The highest BCUT2D eigenvalue weighted by atomic mass is 19.2. The van der Waals surface area contributed by atoms with E-state index in [1.54, 1.807) is 4.90 Å². The third-order valence-corrected chi connectivity index (χ3v) is 4.74. The second-order valence-corrected chi connectivity index (χ2v) is 5.55. The van der Waals surface area contributed by atoms with Crippen molar-refractivity contribution in [1.82, 2.24) is 4.90 Å². The highest BCUT2D eigenvalue weighted by Crippen LogP contribution is 2.49. The van der Waals surface area contributed by atoms with E-state index in [0.717, 1.165) is 18.6 Å². The Morgan fingerprint density at radius 2 is 2.00 bits per heavy atom. The number of hydrogen-bond donors (Lipinski definition) is 1. The van der Waals surface area contributed by atoms with E-state index in [9.17, 15) is 13.6 Å². The molecule has 3 nitrogen and oxygen atoms in total. The molecule has 1 aliphatic carbocycles. The van der Waals surface area contributed by atoms with Crippen LogP contribution in [0.15, 0.2) is 18.2 Å². The monoisotopic (exact) mass is 296 g/mol. The van der Waals surface area contributed by atoms with Gasteiger partial charge in [-0.15, -0.1) is 0 Å². The van der Waals surface area contributed by atoms with E-state index in [2.05, 4.69) is 0 Å². The van der Waals surface area contributed by atoms with Crippen LogP contribution in [0.1, 0.15) is 32.3 Å². The largest absolute Gasteiger partial charge is 0.342 e. The van der Waals surface area contributed by atoms with Gasteiger partial charge < -0.3 is 10.6 Å². The molecule has 0 saturated heterocycles. The number of hydrogen-bond acceptors (Lipinski definition) is 2. The minimum atomic E-state index is -0.915. The molecule has 2 rings (SSSR count). The molecule has 0 bridgehead atoms. The van der Waals surface area contributed by atoms with Crippen LogP contribution in [0, 0.1) is 17.6 Å². The minimum Gasteiger partial charge on any atom is -0.342 e. The molecule has 116 valence electrons. The van der Waals surface area contributed by atoms with Gasteiger partial charge in [0.2, 0.25) is 5.91 Å². The van der Waals surface area contributed by atoms with Crippen LogP contribution in [0.5, 0.6) is 0 Å². The molecule has 1 aromatic rings. The summed E-state index contributed by atoms with van der Waals surface area (Å²) in [6.45, 7) is 5.38. The summed E-state index contributed by atoms with van der Waals surface area (Å²) in [7, 11) is 0. The van der Waals surface area contributed by atoms with E-state index in [-0.39, 0.29) is 11.8 Å². The number of nitrogens with zero attached hydrogens (tertiary/aromatic N) is 1. The zero-order valence-corrected chi connectivity index (χ0v) is 12.5. The first-order valence-electron chi connectivity index (χ1n) is 7.46. The van der Waals surface area contributed by atoms with Crippen molar-refractivity contribution in [2.24, 2.45) is 11.7 Å². The molecule has 1 aliphatic rings. The van der Waals surface area contributed by atoms with E-state index in [0.29, 0.717) is 31.6 Å². The average Bonchev–Trinajstić information content (AvgIpc) is 2.44. The number of benzene rings is 1. The summed E-state index contributed by atoms with van der Waals surface area (Å²) >= 11 is 0. The molecule has 21 heavy (non-hydrogen) atoms. The molecule has 0 unspecified atom stereocenters. The minimum absolute atomic E-state index is 0.0181. The van der Waals surface area contributed by atoms with Crippen LogP contribution in [0.2, 0.25) is 0 Å². The first-order valence-corrected chi connectivity index (χ1v) is 7.46. The zero-order valence-electron chi connectivity index (χ0n) is 12.5. The maximum atomic E-state index is 13.6. The van der Waals surface area contributed by atoms with Gasteiger partial charge in [0.25, 0.3) is 0 Å². The fourth-order valence-corrected chi connectivity index (χ4v) is 3.31. The van der Waals surface area contributed by atoms with E-state index in [4.69, 9.17) is 5.73 Å². The van der Waals surface area contributed by atoms with Crippen LogP contribution in [0.3, 0.4) is 0 Å². The molecular formula is C16H22F2N2O. The first-order chi connectivity index (χ1) is 10.0. The SMILES string of the molecule is CCN(CC)C(=O)[C@@]1(c2ccc(F)c(F)c2)CC[C@H]1CN. The molecule has 2 atom stereocenters. The van der Waals surface area contributed by atoms with Crippen molar-refractivity contribution in [3.8, 4) is 0 Å². The van der Waals surface area contributed by atoms with Gasteiger partial charge in [0.05, 0.1) is 5.41 Å². The Morgan fingerprint density at radius 1 is 1.33 bits per heavy atom. The summed E-state index contributed by atoms with van der Waals surface area (Å²) in [4.78, 5) is 14.7. The Hall–Kier alpha value is -1.49. The molecule has 1 saturated carbocycles. The molecular weight excluding hydrogens is 274 g/mol. The lowest BCUT2D eigenvalue weighted by Crippen LogP contribution is -2.58. The van der Waals surface area contributed by atoms with Crippen LogP contribution >= 0.6 is 0 Å². The Balaban J connectivity index is 2.47. The lowest BCUT2D eigenvalue weighted by Gasteiger charge is -2.50. The van der Waals surface area contributed by atoms with Gasteiger partial charge in [-0.1, -0.05) is 6.07 Å². The number of amides is 1. The fraction of sp³-hybridized carbons (Fsp3) is 0.562. The molecule has 0 aliphatic heterocycles. The van der Waals surface area contributed by atoms with Gasteiger partial charge in [-0.3, -0.25) is 4.79 Å². The van der Waals surface area contributed by atoms with Crippen LogP contribution in [0.4, 0.5) is 8.78 Å². The van der Waals surface area contributed by atoms with E-state index in [1.807, 2.05) is 13.8 Å². The predicted molar refractivity (Wildman–Crippen MR) is 77.7 cm³/mol. The van der Waals surface area contributed by atoms with Crippen molar-refractivity contribution in [2.45, 2.75) is 32.1 Å². The second-order valence-electron chi connectivity index (χ2n) is 5.55. The van der Waals surface area contributed by atoms with Gasteiger partial charge >= 0.3 is 0 Å². The van der Waals surface area contributed by atoms with Crippen molar-refractivity contribution < 1.29 is 13.6 Å². The predicted octanol–water partition coefficient (Wildman–Crippen LogP) is 2.44. The number of likely N-dealkylation sites (N-methyl/N-ethyl adjacent to an activating group) is 1. The molecule has 0 radical (unpaired) electrons. The van der Waals surface area contributed by atoms with Crippen LogP contribution in [-0.2, 0) is 10.2 Å². The quantitative estimate of drug-likeness (QED) is 0.907. The van der Waals surface area contributed by atoms with Crippen molar-refractivity contribution in [3.05, 3.63) is 35.4 Å². The number of nitrogens with two attached hydrogens (primary N) is 1. The molecule has 0 aromatic heterocycles. The number of halogens is 2. The summed E-state index contributed by atoms with van der Waals surface area (Å²) in [5.74, 6) is -1.86. The van der Waals surface area contributed by atoms with Crippen molar-refractivity contribution in [3.63, 3.8) is 0 Å². The lowest BCUT2D eigenvalue weighted by molar-refractivity contribution is -0.144. The molecule has 1 aromatic carbocycles. The van der Waals surface area contributed by atoms with Crippen LogP contribution < -0.4 is 5.73 Å². The summed E-state index contributed by atoms with van der Waals surface area (Å²) in [5, 5.41) is 0. The van der Waals surface area contributed by atoms with Crippen LogP contribution in [0.25, 0.3) is 0 Å². The maximum Gasteiger partial charge on any atom is 0.233 e. The lowest BCUT2D eigenvalue weighted by atomic mass is 9.55. The average molecular weight is 296 g/mol. The first kappa shape index (κ1) is 15.9. The van der Waals surface area contributed by atoms with Gasteiger partial charge in [0.1, 0.15) is 0 Å². The second kappa shape index (κ2) is 6.10. The Kier molecular flexibility index (Phi) is 4.61. The zero-order chi connectivity index (χ0) is 15.6. The van der Waals surface area contributed by atoms with E-state index >= 15 is 0 Å². The summed E-state index contributed by atoms with van der Waals surface area (Å²) in [5.41, 5.74) is 5.54. The number of carbonyl (C=O) groups excluding carboxylic acids is 1. The van der Waals surface area contributed by atoms with E-state index < -0.39 is 17.0 Å². The van der Waals surface area contributed by atoms with Gasteiger partial charge in [-0.2, -0.15) is 0 Å². The summed E-state index contributed by atoms with van der Waals surface area (Å²) < 4.78 is 26.8. The Labute approximate surface area is 124 Å². The van der Waals surface area contributed by atoms with Crippen LogP contribution in [-0.4, -0.2) is 30.4 Å². The van der Waals surface area contributed by atoms with Crippen molar-refractivity contribution >= 4 is 5.91 Å². The van der Waals surface area contributed by atoms with Gasteiger partial charge in [-0.25, -0.2) is 8.78 Å². The van der Waals surface area contributed by atoms with Gasteiger partial charge in [0.15, 0.2) is 11.6 Å². The van der Waals surface area contributed by atoms with E-state index in [1.165, 1.54) is 6.07 Å². The van der Waals surface area contributed by atoms with Gasteiger partial charge in [0, 0.05) is 13.1 Å². The third-order valence-electron chi connectivity index (χ3n) is 4.74. The molecule has 5 heteroatoms. The normalized spacial score (nSPS) is 24.5. The Bertz CT molecular complexity index is 529. The number of carbonyl (C=O) groups is 1. The topological polar surface area (TPSA) is 46.3 Å². The molecule has 2 N–H and O–H groups in total. The molecule has 1 fully saturated rings. The standard InChI is InChI=1S/C16H22F2N2O/c1-3-20(4-2)15(21)16(8-7-12(16)10-19)11-5-6-13(17)14(18)9-11/h5-6,9,12H,3-4,7-8,10,19H2,1-2H3/t12-,16+/m0/s1. The summed E-state index contributed by atoms with van der Waals surface area (Å²) in [6.07, 6.45) is 1.47. The smallest absolute Gasteiger partial charge is 0.233 e.